The van der Waals surface area contributed by atoms with Crippen molar-refractivity contribution in [3.05, 3.63) is 34.9 Å². The number of carboxylic acids is 1. The molecule has 82 valence electrons. The Balaban J connectivity index is 2.84. The van der Waals surface area contributed by atoms with E-state index < -0.39 is 12.0 Å². The predicted molar refractivity (Wildman–Crippen MR) is 60.1 cm³/mol. The van der Waals surface area contributed by atoms with Crippen molar-refractivity contribution in [2.45, 2.75) is 19.4 Å². The van der Waals surface area contributed by atoms with Crippen molar-refractivity contribution in [1.82, 2.24) is 5.32 Å². The van der Waals surface area contributed by atoms with Crippen LogP contribution in [0.2, 0.25) is 5.02 Å². The fourth-order valence-electron chi connectivity index (χ4n) is 1.32. The highest BCUT2D eigenvalue weighted by molar-refractivity contribution is 6.30. The first-order chi connectivity index (χ1) is 7.15. The summed E-state index contributed by atoms with van der Waals surface area (Å²) in [5.74, 6) is -0.884. The lowest BCUT2D eigenvalue weighted by Gasteiger charge is -2.14. The highest BCUT2D eigenvalue weighted by Gasteiger charge is 2.18. The molecule has 0 amide bonds. The minimum Gasteiger partial charge on any atom is -0.480 e. The summed E-state index contributed by atoms with van der Waals surface area (Å²) in [6, 6.07) is 6.23. The summed E-state index contributed by atoms with van der Waals surface area (Å²) in [5, 5.41) is 12.5. The van der Waals surface area contributed by atoms with E-state index in [2.05, 4.69) is 5.32 Å². The molecule has 0 bridgehead atoms. The third kappa shape index (κ3) is 3.53. The number of aliphatic carboxylic acids is 1. The maximum absolute atomic E-state index is 11.0. The monoisotopic (exact) mass is 227 g/mol. The molecule has 1 aromatic rings. The van der Waals surface area contributed by atoms with Crippen molar-refractivity contribution >= 4 is 17.6 Å². The molecule has 3 nitrogen and oxygen atoms in total. The van der Waals surface area contributed by atoms with Gasteiger partial charge in [-0.15, -0.1) is 0 Å². The Morgan fingerprint density at radius 1 is 1.60 bits per heavy atom. The van der Waals surface area contributed by atoms with Gasteiger partial charge in [-0.25, -0.2) is 0 Å². The maximum Gasteiger partial charge on any atom is 0.325 e. The zero-order valence-electron chi connectivity index (χ0n) is 8.53. The Morgan fingerprint density at radius 2 is 2.33 bits per heavy atom. The van der Waals surface area contributed by atoms with Crippen LogP contribution >= 0.6 is 11.6 Å². The highest BCUT2D eigenvalue weighted by Crippen LogP contribution is 2.17. The van der Waals surface area contributed by atoms with Crippen LogP contribution < -0.4 is 5.32 Å². The van der Waals surface area contributed by atoms with Crippen molar-refractivity contribution in [2.24, 2.45) is 0 Å². The van der Waals surface area contributed by atoms with Gasteiger partial charge < -0.3 is 10.4 Å². The molecule has 0 aliphatic heterocycles. The normalized spacial score (nSPS) is 12.4. The van der Waals surface area contributed by atoms with Crippen molar-refractivity contribution in [3.8, 4) is 0 Å². The summed E-state index contributed by atoms with van der Waals surface area (Å²) >= 11 is 5.81. The molecule has 0 saturated carbocycles. The summed E-state index contributed by atoms with van der Waals surface area (Å²) in [5.41, 5.74) is 0.684. The van der Waals surface area contributed by atoms with E-state index >= 15 is 0 Å². The Kier molecular flexibility index (Phi) is 4.59. The molecular weight excluding hydrogens is 214 g/mol. The second-order valence-electron chi connectivity index (χ2n) is 3.28. The molecule has 0 spiro atoms. The molecule has 0 aromatic heterocycles. The number of rotatable bonds is 5. The fraction of sp³-hybridized carbons (Fsp3) is 0.364. The summed E-state index contributed by atoms with van der Waals surface area (Å²) in [4.78, 5) is 11.0. The van der Waals surface area contributed by atoms with Gasteiger partial charge in [-0.2, -0.15) is 0 Å². The predicted octanol–water partition coefficient (Wildman–Crippen LogP) is 2.47. The molecule has 0 radical (unpaired) electrons. The van der Waals surface area contributed by atoms with Crippen molar-refractivity contribution in [1.29, 1.82) is 0 Å². The Labute approximate surface area is 94.1 Å². The van der Waals surface area contributed by atoms with Crippen molar-refractivity contribution in [2.75, 3.05) is 6.54 Å². The van der Waals surface area contributed by atoms with Gasteiger partial charge in [0.05, 0.1) is 0 Å². The number of halogens is 1. The van der Waals surface area contributed by atoms with Crippen LogP contribution in [0.1, 0.15) is 24.9 Å². The highest BCUT2D eigenvalue weighted by atomic mass is 35.5. The van der Waals surface area contributed by atoms with Crippen LogP contribution in [0.4, 0.5) is 0 Å². The molecule has 1 atom stereocenters. The van der Waals surface area contributed by atoms with Crippen LogP contribution in [0, 0.1) is 0 Å². The number of nitrogens with one attached hydrogen (secondary N) is 1. The van der Waals surface area contributed by atoms with Gasteiger partial charge in [0, 0.05) is 5.02 Å². The molecule has 2 N–H and O–H groups in total. The molecule has 1 rings (SSSR count). The van der Waals surface area contributed by atoms with Gasteiger partial charge in [0.1, 0.15) is 6.04 Å². The maximum atomic E-state index is 11.0. The van der Waals surface area contributed by atoms with E-state index in [1.807, 2.05) is 6.92 Å². The van der Waals surface area contributed by atoms with Gasteiger partial charge in [0.15, 0.2) is 0 Å². The topological polar surface area (TPSA) is 49.3 Å². The van der Waals surface area contributed by atoms with Crippen LogP contribution in [-0.4, -0.2) is 17.6 Å². The van der Waals surface area contributed by atoms with E-state index in [1.165, 1.54) is 0 Å². The summed E-state index contributed by atoms with van der Waals surface area (Å²) in [6.45, 7) is 2.66. The molecular formula is C11H14ClNO2. The van der Waals surface area contributed by atoms with E-state index in [0.717, 1.165) is 6.42 Å². The largest absolute Gasteiger partial charge is 0.480 e. The standard InChI is InChI=1S/C11H14ClNO2/c1-2-6-13-10(11(14)15)8-4-3-5-9(12)7-8/h3-5,7,10,13H,2,6H2,1H3,(H,14,15). The molecule has 0 heterocycles. The molecule has 0 aliphatic rings. The quantitative estimate of drug-likeness (QED) is 0.813. The van der Waals surface area contributed by atoms with Crippen LogP contribution in [-0.2, 0) is 4.79 Å². The molecule has 0 fully saturated rings. The lowest BCUT2D eigenvalue weighted by molar-refractivity contribution is -0.139. The molecule has 15 heavy (non-hydrogen) atoms. The van der Waals surface area contributed by atoms with Gasteiger partial charge in [-0.1, -0.05) is 30.7 Å². The lowest BCUT2D eigenvalue weighted by Crippen LogP contribution is -2.28. The van der Waals surface area contributed by atoms with Crippen LogP contribution in [0.25, 0.3) is 0 Å². The molecule has 1 unspecified atom stereocenters. The Morgan fingerprint density at radius 3 is 2.87 bits per heavy atom. The molecule has 0 saturated heterocycles. The SMILES string of the molecule is CCCNC(C(=O)O)c1cccc(Cl)c1. The first-order valence-electron chi connectivity index (χ1n) is 4.86. The Bertz CT molecular complexity index is 341. The first-order valence-corrected chi connectivity index (χ1v) is 5.24. The molecule has 1 aromatic carbocycles. The van der Waals surface area contributed by atoms with Crippen molar-refractivity contribution < 1.29 is 9.90 Å². The zero-order chi connectivity index (χ0) is 11.3. The van der Waals surface area contributed by atoms with E-state index in [1.54, 1.807) is 24.3 Å². The number of hydrogen-bond donors (Lipinski definition) is 2. The number of carbonyl (C=O) groups is 1. The van der Waals surface area contributed by atoms with Gasteiger partial charge >= 0.3 is 5.97 Å². The first kappa shape index (κ1) is 12.0. The second kappa shape index (κ2) is 5.73. The zero-order valence-corrected chi connectivity index (χ0v) is 9.29. The van der Waals surface area contributed by atoms with Gasteiger partial charge in [0.25, 0.3) is 0 Å². The average molecular weight is 228 g/mol. The number of carboxylic acid groups (broad SMARTS) is 1. The Hall–Kier alpha value is -1.06. The van der Waals surface area contributed by atoms with E-state index in [9.17, 15) is 4.79 Å². The van der Waals surface area contributed by atoms with E-state index in [-0.39, 0.29) is 0 Å². The van der Waals surface area contributed by atoms with E-state index in [0.29, 0.717) is 17.1 Å². The van der Waals surface area contributed by atoms with Gasteiger partial charge in [-0.05, 0) is 30.7 Å². The molecule has 4 heteroatoms. The lowest BCUT2D eigenvalue weighted by atomic mass is 10.1. The summed E-state index contributed by atoms with van der Waals surface area (Å²) < 4.78 is 0. The summed E-state index contributed by atoms with van der Waals surface area (Å²) in [6.07, 6.45) is 0.893. The van der Waals surface area contributed by atoms with Crippen molar-refractivity contribution in [3.63, 3.8) is 0 Å². The number of benzene rings is 1. The van der Waals surface area contributed by atoms with Crippen LogP contribution in [0.5, 0.6) is 0 Å². The smallest absolute Gasteiger partial charge is 0.325 e. The second-order valence-corrected chi connectivity index (χ2v) is 3.72. The third-order valence-corrected chi connectivity index (χ3v) is 2.26. The minimum atomic E-state index is -0.884. The fourth-order valence-corrected chi connectivity index (χ4v) is 1.52. The van der Waals surface area contributed by atoms with Gasteiger partial charge in [0.2, 0.25) is 0 Å². The molecule has 0 aliphatic carbocycles. The number of hydrogen-bond acceptors (Lipinski definition) is 2. The minimum absolute atomic E-state index is 0.553. The summed E-state index contributed by atoms with van der Waals surface area (Å²) in [7, 11) is 0. The van der Waals surface area contributed by atoms with E-state index in [4.69, 9.17) is 16.7 Å². The average Bonchev–Trinajstić information content (AvgIpc) is 2.18. The van der Waals surface area contributed by atoms with Crippen LogP contribution in [0.3, 0.4) is 0 Å². The van der Waals surface area contributed by atoms with Gasteiger partial charge in [-0.3, -0.25) is 4.79 Å². The van der Waals surface area contributed by atoms with Crippen LogP contribution in [0.15, 0.2) is 24.3 Å². The third-order valence-electron chi connectivity index (χ3n) is 2.03.